The fourth-order valence-corrected chi connectivity index (χ4v) is 3.66. The van der Waals surface area contributed by atoms with Gasteiger partial charge >= 0.3 is 23.7 Å². The average Bonchev–Trinajstić information content (AvgIpc) is 2.95. The van der Waals surface area contributed by atoms with Crippen molar-refractivity contribution in [3.8, 4) is 0 Å². The maximum atomic E-state index is 13.9. The molecule has 2 aromatic carbocycles. The van der Waals surface area contributed by atoms with E-state index in [-0.39, 0.29) is 36.6 Å². The van der Waals surface area contributed by atoms with E-state index < -0.39 is 35.1 Å². The molecule has 12 heteroatoms. The number of rotatable bonds is 2. The van der Waals surface area contributed by atoms with Gasteiger partial charge in [0.1, 0.15) is 5.82 Å². The first-order valence-electron chi connectivity index (χ1n) is 9.96. The van der Waals surface area contributed by atoms with Crippen LogP contribution in [-0.4, -0.2) is 47.9 Å². The van der Waals surface area contributed by atoms with Crippen molar-refractivity contribution in [2.75, 3.05) is 36.4 Å². The lowest BCUT2D eigenvalue weighted by atomic mass is 10.1. The lowest BCUT2D eigenvalue weighted by Crippen LogP contribution is -2.41. The van der Waals surface area contributed by atoms with Crippen molar-refractivity contribution in [1.29, 1.82) is 0 Å². The molecule has 3 aromatic rings. The summed E-state index contributed by atoms with van der Waals surface area (Å²) in [6, 6.07) is 7.13. The number of carbonyl (C=O) groups excluding carboxylic acids is 2. The summed E-state index contributed by atoms with van der Waals surface area (Å²) in [5, 5.41) is 2.46. The Morgan fingerprint density at radius 3 is 2.55 bits per heavy atom. The van der Waals surface area contributed by atoms with Crippen LogP contribution in [0.25, 0.3) is 11.1 Å². The molecule has 4 rings (SSSR count). The Hall–Kier alpha value is -3.83. The zero-order chi connectivity index (χ0) is 23.8. The second kappa shape index (κ2) is 8.60. The van der Waals surface area contributed by atoms with Gasteiger partial charge in [-0.1, -0.05) is 0 Å². The molecule has 0 unspecified atom stereocenters. The van der Waals surface area contributed by atoms with Gasteiger partial charge in [0.25, 0.3) is 0 Å². The fourth-order valence-electron chi connectivity index (χ4n) is 3.66. The van der Waals surface area contributed by atoms with Gasteiger partial charge in [0.2, 0.25) is 0 Å². The van der Waals surface area contributed by atoms with E-state index in [9.17, 15) is 31.9 Å². The van der Waals surface area contributed by atoms with Gasteiger partial charge in [-0.3, -0.25) is 14.6 Å². The molecular weight excluding hydrogens is 448 g/mol. The zero-order valence-corrected chi connectivity index (χ0v) is 17.0. The minimum Gasteiger partial charge on any atom is -0.408 e. The zero-order valence-electron chi connectivity index (χ0n) is 17.0. The van der Waals surface area contributed by atoms with E-state index in [2.05, 4.69) is 10.3 Å². The molecule has 1 aromatic heterocycles. The number of amides is 2. The molecule has 8 nitrogen and oxygen atoms in total. The Balaban J connectivity index is 1.40. The minimum atomic E-state index is -4.78. The van der Waals surface area contributed by atoms with Crippen LogP contribution >= 0.6 is 0 Å². The normalized spacial score (nSPS) is 14.9. The first-order valence-corrected chi connectivity index (χ1v) is 9.96. The minimum absolute atomic E-state index is 0.126. The summed E-state index contributed by atoms with van der Waals surface area (Å²) in [5.74, 6) is -3.69. The number of carbonyl (C=O) groups is 2. The van der Waals surface area contributed by atoms with Crippen molar-refractivity contribution in [3.63, 3.8) is 0 Å². The Kier molecular flexibility index (Phi) is 5.83. The number of nitrogens with one attached hydrogen (secondary N) is 2. The number of hydrogen-bond acceptors (Lipinski definition) is 5. The Morgan fingerprint density at radius 1 is 1.03 bits per heavy atom. The number of hydrogen-bond donors (Lipinski definition) is 2. The number of nitrogens with zero attached hydrogens (tertiary/aromatic N) is 2. The number of oxazole rings is 1. The van der Waals surface area contributed by atoms with Crippen molar-refractivity contribution < 1.29 is 31.6 Å². The number of aromatic amines is 1. The predicted octanol–water partition coefficient (Wildman–Crippen LogP) is 2.96. The van der Waals surface area contributed by atoms with Gasteiger partial charge in [-0.05, 0) is 36.8 Å². The number of benzene rings is 2. The highest BCUT2D eigenvalue weighted by molar-refractivity contribution is 6.39. The molecule has 1 fully saturated rings. The van der Waals surface area contributed by atoms with Crippen LogP contribution in [0.4, 0.5) is 28.9 Å². The van der Waals surface area contributed by atoms with Crippen LogP contribution in [0.1, 0.15) is 12.0 Å². The molecular formula is C21H18F4N4O4. The Labute approximate surface area is 183 Å². The van der Waals surface area contributed by atoms with E-state index >= 15 is 0 Å². The van der Waals surface area contributed by atoms with E-state index in [1.165, 1.54) is 29.2 Å². The lowest BCUT2D eigenvalue weighted by molar-refractivity contribution is -0.143. The summed E-state index contributed by atoms with van der Waals surface area (Å²) < 4.78 is 57.2. The topological polar surface area (TPSA) is 98.6 Å². The van der Waals surface area contributed by atoms with E-state index in [0.29, 0.717) is 24.5 Å². The van der Waals surface area contributed by atoms with Crippen LogP contribution in [-0.2, 0) is 15.8 Å². The van der Waals surface area contributed by atoms with Crippen LogP contribution in [0.15, 0.2) is 45.6 Å². The number of H-pyrrole nitrogens is 1. The average molecular weight is 466 g/mol. The summed E-state index contributed by atoms with van der Waals surface area (Å²) in [6.45, 7) is 0.960. The number of fused-ring (bicyclic) bond motifs is 1. The van der Waals surface area contributed by atoms with Crippen molar-refractivity contribution in [2.45, 2.75) is 12.6 Å². The second-order valence-electron chi connectivity index (χ2n) is 7.47. The van der Waals surface area contributed by atoms with Crippen LogP contribution in [0.2, 0.25) is 0 Å². The maximum absolute atomic E-state index is 13.9. The molecule has 1 saturated heterocycles. The van der Waals surface area contributed by atoms with Gasteiger partial charge in [0.15, 0.2) is 5.58 Å². The molecule has 174 valence electrons. The van der Waals surface area contributed by atoms with Crippen LogP contribution < -0.4 is 16.0 Å². The van der Waals surface area contributed by atoms with E-state index in [0.717, 1.165) is 6.07 Å². The highest BCUT2D eigenvalue weighted by atomic mass is 19.4. The van der Waals surface area contributed by atoms with Crippen LogP contribution in [0, 0.1) is 5.82 Å². The molecule has 1 aliphatic heterocycles. The van der Waals surface area contributed by atoms with Gasteiger partial charge in [-0.25, -0.2) is 9.18 Å². The number of alkyl halides is 3. The molecule has 0 aliphatic carbocycles. The van der Waals surface area contributed by atoms with Gasteiger partial charge in [0, 0.05) is 43.6 Å². The SMILES string of the molecule is O=C(Nc1ccc2[nH]c(=O)oc2c1)C(=O)N1CCCN(c2ccc(C(F)(F)F)c(F)c2)CC1. The largest absolute Gasteiger partial charge is 0.419 e. The quantitative estimate of drug-likeness (QED) is 0.447. The van der Waals surface area contributed by atoms with E-state index in [1.807, 2.05) is 0 Å². The van der Waals surface area contributed by atoms with Crippen molar-refractivity contribution in [2.24, 2.45) is 0 Å². The smallest absolute Gasteiger partial charge is 0.408 e. The first-order chi connectivity index (χ1) is 15.6. The first kappa shape index (κ1) is 22.4. The molecule has 2 N–H and O–H groups in total. The molecule has 0 radical (unpaired) electrons. The van der Waals surface area contributed by atoms with Crippen LogP contribution in [0.5, 0.6) is 0 Å². The number of aromatic nitrogens is 1. The third-order valence-electron chi connectivity index (χ3n) is 5.28. The summed E-state index contributed by atoms with van der Waals surface area (Å²) in [4.78, 5) is 41.7. The number of halogens is 4. The van der Waals surface area contributed by atoms with Crippen molar-refractivity contribution in [3.05, 3.63) is 58.3 Å². The molecule has 33 heavy (non-hydrogen) atoms. The van der Waals surface area contributed by atoms with E-state index in [4.69, 9.17) is 4.42 Å². The highest BCUT2D eigenvalue weighted by Gasteiger charge is 2.34. The van der Waals surface area contributed by atoms with Gasteiger partial charge in [-0.2, -0.15) is 13.2 Å². The van der Waals surface area contributed by atoms with Crippen molar-refractivity contribution >= 4 is 34.3 Å². The molecule has 0 bridgehead atoms. The lowest BCUT2D eigenvalue weighted by Gasteiger charge is -2.24. The Bertz CT molecular complexity index is 1270. The molecule has 2 heterocycles. The summed E-state index contributed by atoms with van der Waals surface area (Å²) in [5.41, 5.74) is -0.149. The fraction of sp³-hybridized carbons (Fsp3) is 0.286. The maximum Gasteiger partial charge on any atom is 0.419 e. The van der Waals surface area contributed by atoms with Crippen molar-refractivity contribution in [1.82, 2.24) is 9.88 Å². The van der Waals surface area contributed by atoms with E-state index in [1.54, 1.807) is 4.90 Å². The summed E-state index contributed by atoms with van der Waals surface area (Å²) in [7, 11) is 0. The third kappa shape index (κ3) is 4.83. The van der Waals surface area contributed by atoms with Crippen LogP contribution in [0.3, 0.4) is 0 Å². The monoisotopic (exact) mass is 466 g/mol. The molecule has 0 saturated carbocycles. The third-order valence-corrected chi connectivity index (χ3v) is 5.28. The summed E-state index contributed by atoms with van der Waals surface area (Å²) in [6.07, 6.45) is -4.35. The van der Waals surface area contributed by atoms with Gasteiger partial charge < -0.3 is 19.5 Å². The number of anilines is 2. The highest BCUT2D eigenvalue weighted by Crippen LogP contribution is 2.33. The predicted molar refractivity (Wildman–Crippen MR) is 110 cm³/mol. The molecule has 0 spiro atoms. The molecule has 2 amide bonds. The standard InChI is InChI=1S/C21H18F4N4O4/c22-15-11-13(3-4-14(15)21(23,24)25)28-6-1-7-29(9-8-28)19(31)18(30)26-12-2-5-16-17(10-12)33-20(32)27-16/h2-5,10-11H,1,6-9H2,(H,26,30)(H,27,32). The van der Waals surface area contributed by atoms with Gasteiger partial charge in [-0.15, -0.1) is 0 Å². The molecule has 1 aliphatic rings. The second-order valence-corrected chi connectivity index (χ2v) is 7.47. The Morgan fingerprint density at radius 2 is 1.82 bits per heavy atom. The summed E-state index contributed by atoms with van der Waals surface area (Å²) >= 11 is 0. The molecule has 0 atom stereocenters. The van der Waals surface area contributed by atoms with Gasteiger partial charge in [0.05, 0.1) is 11.1 Å².